The lowest BCUT2D eigenvalue weighted by Gasteiger charge is -2.10. The minimum atomic E-state index is -0.466. The van der Waals surface area contributed by atoms with E-state index in [2.05, 4.69) is 16.2 Å². The molecule has 2 aromatic rings. The Hall–Kier alpha value is -3.39. The van der Waals surface area contributed by atoms with Crippen molar-refractivity contribution in [2.75, 3.05) is 25.1 Å². The van der Waals surface area contributed by atoms with E-state index in [4.69, 9.17) is 9.47 Å². The van der Waals surface area contributed by atoms with E-state index in [0.29, 0.717) is 42.4 Å². The second-order valence-electron chi connectivity index (χ2n) is 6.82. The predicted molar refractivity (Wildman–Crippen MR) is 111 cm³/mol. The van der Waals surface area contributed by atoms with E-state index in [9.17, 15) is 14.4 Å². The number of anilines is 1. The SMILES string of the molecule is CCOCCOc1cccc(C(=O)NNC(=O)c2ccc(NC(=O)C3CC3)cc2)c1. The van der Waals surface area contributed by atoms with Crippen LogP contribution in [0, 0.1) is 5.92 Å². The number of hydrazine groups is 1. The molecule has 0 aliphatic heterocycles. The molecule has 3 N–H and O–H groups in total. The van der Waals surface area contributed by atoms with Crippen LogP contribution in [0.3, 0.4) is 0 Å². The molecule has 0 atom stereocenters. The van der Waals surface area contributed by atoms with E-state index in [-0.39, 0.29) is 11.8 Å². The molecular formula is C22H25N3O5. The minimum Gasteiger partial charge on any atom is -0.491 e. The Morgan fingerprint density at radius 3 is 2.30 bits per heavy atom. The molecule has 0 aromatic heterocycles. The first-order chi connectivity index (χ1) is 14.6. The quantitative estimate of drug-likeness (QED) is 0.434. The van der Waals surface area contributed by atoms with Gasteiger partial charge in [-0.25, -0.2) is 0 Å². The van der Waals surface area contributed by atoms with Crippen molar-refractivity contribution < 1.29 is 23.9 Å². The van der Waals surface area contributed by atoms with Crippen LogP contribution in [-0.4, -0.2) is 37.5 Å². The van der Waals surface area contributed by atoms with E-state index in [1.165, 1.54) is 0 Å². The molecule has 8 heteroatoms. The van der Waals surface area contributed by atoms with Crippen molar-refractivity contribution in [1.29, 1.82) is 0 Å². The summed E-state index contributed by atoms with van der Waals surface area (Å²) in [5, 5.41) is 2.81. The van der Waals surface area contributed by atoms with Crippen LogP contribution >= 0.6 is 0 Å². The number of carbonyl (C=O) groups excluding carboxylic acids is 3. The Balaban J connectivity index is 1.48. The van der Waals surface area contributed by atoms with E-state index in [1.807, 2.05) is 6.92 Å². The van der Waals surface area contributed by atoms with Gasteiger partial charge < -0.3 is 14.8 Å². The Bertz CT molecular complexity index is 894. The van der Waals surface area contributed by atoms with Gasteiger partial charge in [-0.2, -0.15) is 0 Å². The van der Waals surface area contributed by atoms with Gasteiger partial charge in [0.1, 0.15) is 12.4 Å². The second kappa shape index (κ2) is 10.4. The third-order valence-electron chi connectivity index (χ3n) is 4.45. The van der Waals surface area contributed by atoms with Crippen molar-refractivity contribution in [3.63, 3.8) is 0 Å². The molecule has 2 aromatic carbocycles. The van der Waals surface area contributed by atoms with E-state index in [1.54, 1.807) is 48.5 Å². The second-order valence-corrected chi connectivity index (χ2v) is 6.82. The van der Waals surface area contributed by atoms with Gasteiger partial charge in [0.25, 0.3) is 11.8 Å². The number of hydrogen-bond acceptors (Lipinski definition) is 5. The number of nitrogens with one attached hydrogen (secondary N) is 3. The molecule has 0 saturated heterocycles. The highest BCUT2D eigenvalue weighted by Crippen LogP contribution is 2.30. The molecule has 0 radical (unpaired) electrons. The molecule has 3 rings (SSSR count). The molecular weight excluding hydrogens is 386 g/mol. The number of amides is 3. The normalized spacial score (nSPS) is 12.7. The smallest absolute Gasteiger partial charge is 0.269 e. The lowest BCUT2D eigenvalue weighted by atomic mass is 10.2. The van der Waals surface area contributed by atoms with Crippen molar-refractivity contribution in [1.82, 2.24) is 10.9 Å². The fourth-order valence-electron chi connectivity index (χ4n) is 2.64. The molecule has 3 amide bonds. The summed E-state index contributed by atoms with van der Waals surface area (Å²) in [5.74, 6) is -0.280. The average molecular weight is 411 g/mol. The highest BCUT2D eigenvalue weighted by Gasteiger charge is 2.29. The third-order valence-corrected chi connectivity index (χ3v) is 4.45. The molecule has 1 saturated carbocycles. The molecule has 0 spiro atoms. The summed E-state index contributed by atoms with van der Waals surface area (Å²) in [6.45, 7) is 3.36. The summed E-state index contributed by atoms with van der Waals surface area (Å²) < 4.78 is 10.7. The van der Waals surface area contributed by atoms with Gasteiger partial charge in [0, 0.05) is 29.3 Å². The maximum Gasteiger partial charge on any atom is 0.269 e. The Labute approximate surface area is 174 Å². The predicted octanol–water partition coefficient (Wildman–Crippen LogP) is 2.53. The van der Waals surface area contributed by atoms with Crippen molar-refractivity contribution in [2.45, 2.75) is 19.8 Å². The zero-order valence-corrected chi connectivity index (χ0v) is 16.8. The largest absolute Gasteiger partial charge is 0.491 e. The number of rotatable bonds is 9. The Kier molecular flexibility index (Phi) is 7.40. The Morgan fingerprint density at radius 1 is 0.933 bits per heavy atom. The summed E-state index contributed by atoms with van der Waals surface area (Å²) >= 11 is 0. The first kappa shape index (κ1) is 21.3. The van der Waals surface area contributed by atoms with Crippen LogP contribution in [0.1, 0.15) is 40.5 Å². The van der Waals surface area contributed by atoms with Gasteiger partial charge in [0.15, 0.2) is 0 Å². The van der Waals surface area contributed by atoms with Crippen molar-refractivity contribution in [3.05, 3.63) is 59.7 Å². The third kappa shape index (κ3) is 6.31. The van der Waals surface area contributed by atoms with Crippen LogP contribution in [0.15, 0.2) is 48.5 Å². The molecule has 30 heavy (non-hydrogen) atoms. The maximum absolute atomic E-state index is 12.3. The van der Waals surface area contributed by atoms with Gasteiger partial charge in [0.05, 0.1) is 6.61 Å². The Morgan fingerprint density at radius 2 is 1.63 bits per heavy atom. The fourth-order valence-corrected chi connectivity index (χ4v) is 2.64. The minimum absolute atomic E-state index is 0.00330. The summed E-state index contributed by atoms with van der Waals surface area (Å²) in [5.41, 5.74) is 6.10. The number of benzene rings is 2. The van der Waals surface area contributed by atoms with Crippen LogP contribution in [0.5, 0.6) is 5.75 Å². The average Bonchev–Trinajstić information content (AvgIpc) is 3.61. The van der Waals surface area contributed by atoms with Crippen molar-refractivity contribution >= 4 is 23.4 Å². The molecule has 0 heterocycles. The molecule has 158 valence electrons. The summed E-state index contributed by atoms with van der Waals surface area (Å²) in [4.78, 5) is 36.3. The highest BCUT2D eigenvalue weighted by molar-refractivity contribution is 6.00. The zero-order chi connectivity index (χ0) is 21.3. The molecule has 1 aliphatic rings. The standard InChI is InChI=1S/C22H25N3O5/c1-2-29-12-13-30-19-5-3-4-17(14-19)22(28)25-24-21(27)16-8-10-18(11-9-16)23-20(26)15-6-7-15/h3-5,8-11,14-15H,2,6-7,12-13H2,1H3,(H,23,26)(H,24,27)(H,25,28). The van der Waals surface area contributed by atoms with Crippen LogP contribution in [0.2, 0.25) is 0 Å². The lowest BCUT2D eigenvalue weighted by molar-refractivity contribution is -0.117. The lowest BCUT2D eigenvalue weighted by Crippen LogP contribution is -2.41. The molecule has 8 nitrogen and oxygen atoms in total. The van der Waals surface area contributed by atoms with Crippen LogP contribution in [0.4, 0.5) is 5.69 Å². The van der Waals surface area contributed by atoms with Crippen molar-refractivity contribution in [2.24, 2.45) is 5.92 Å². The van der Waals surface area contributed by atoms with E-state index in [0.717, 1.165) is 12.8 Å². The van der Waals surface area contributed by atoms with Crippen molar-refractivity contribution in [3.8, 4) is 5.75 Å². The van der Waals surface area contributed by atoms with Gasteiger partial charge in [-0.3, -0.25) is 25.2 Å². The number of hydrogen-bond donors (Lipinski definition) is 3. The number of carbonyl (C=O) groups is 3. The van der Waals surface area contributed by atoms with Gasteiger partial charge in [-0.1, -0.05) is 6.07 Å². The molecule has 0 bridgehead atoms. The first-order valence-electron chi connectivity index (χ1n) is 9.89. The van der Waals surface area contributed by atoms with Crippen LogP contribution in [0.25, 0.3) is 0 Å². The van der Waals surface area contributed by atoms with E-state index >= 15 is 0 Å². The maximum atomic E-state index is 12.3. The molecule has 1 fully saturated rings. The van der Waals surface area contributed by atoms with Gasteiger partial charge in [0.2, 0.25) is 5.91 Å². The van der Waals surface area contributed by atoms with Gasteiger partial charge in [-0.05, 0) is 62.2 Å². The zero-order valence-electron chi connectivity index (χ0n) is 16.8. The van der Waals surface area contributed by atoms with Crippen LogP contribution in [-0.2, 0) is 9.53 Å². The van der Waals surface area contributed by atoms with Gasteiger partial charge in [-0.15, -0.1) is 0 Å². The topological polar surface area (TPSA) is 106 Å². The fraction of sp³-hybridized carbons (Fsp3) is 0.318. The first-order valence-corrected chi connectivity index (χ1v) is 9.89. The summed E-state index contributed by atoms with van der Waals surface area (Å²) in [6.07, 6.45) is 1.85. The molecule has 1 aliphatic carbocycles. The van der Waals surface area contributed by atoms with E-state index < -0.39 is 11.8 Å². The highest BCUT2D eigenvalue weighted by atomic mass is 16.5. The molecule has 0 unspecified atom stereocenters. The summed E-state index contributed by atoms with van der Waals surface area (Å²) in [6, 6.07) is 13.1. The van der Waals surface area contributed by atoms with Gasteiger partial charge >= 0.3 is 0 Å². The monoisotopic (exact) mass is 411 g/mol. The van der Waals surface area contributed by atoms with Crippen LogP contribution < -0.4 is 20.9 Å². The number of ether oxygens (including phenoxy) is 2. The summed E-state index contributed by atoms with van der Waals surface area (Å²) in [7, 11) is 0.